The Morgan fingerprint density at radius 1 is 1.11 bits per heavy atom. The second-order valence-electron chi connectivity index (χ2n) is 9.03. The number of carbonyl (C=O) groups excluding carboxylic acids is 2. The lowest BCUT2D eigenvalue weighted by atomic mass is 9.92. The third kappa shape index (κ3) is 5.51. The minimum Gasteiger partial charge on any atom is -0.494 e. The molecule has 2 aromatic carbocycles. The van der Waals surface area contributed by atoms with Crippen LogP contribution in [0.1, 0.15) is 34.8 Å². The number of likely N-dealkylation sites (tertiary alicyclic amines) is 1. The number of urea groups is 1. The van der Waals surface area contributed by atoms with Crippen LogP contribution in [0.15, 0.2) is 64.8 Å². The van der Waals surface area contributed by atoms with E-state index in [1.807, 2.05) is 24.3 Å². The number of methoxy groups -OCH3 is 1. The number of amides is 3. The molecule has 1 atom stereocenters. The number of benzene rings is 2. The summed E-state index contributed by atoms with van der Waals surface area (Å²) in [5.74, 6) is -0.0197. The molecule has 0 bridgehead atoms. The van der Waals surface area contributed by atoms with Gasteiger partial charge in [-0.1, -0.05) is 35.3 Å². The number of aliphatic imine (C=N–C) groups is 1. The van der Waals surface area contributed by atoms with Crippen molar-refractivity contribution < 1.29 is 14.3 Å². The Balaban J connectivity index is 1.35. The lowest BCUT2D eigenvalue weighted by Crippen LogP contribution is -2.45. The molecule has 3 heterocycles. The molecule has 3 aliphatic heterocycles. The maximum Gasteiger partial charge on any atom is 0.326 e. The fourth-order valence-electron chi connectivity index (χ4n) is 4.50. The summed E-state index contributed by atoms with van der Waals surface area (Å²) < 4.78 is 5.46. The van der Waals surface area contributed by atoms with E-state index in [2.05, 4.69) is 20.5 Å². The lowest BCUT2D eigenvalue weighted by Gasteiger charge is -2.41. The van der Waals surface area contributed by atoms with Crippen molar-refractivity contribution in [3.05, 3.63) is 75.9 Å². The molecule has 192 valence electrons. The molecule has 5 rings (SSSR count). The third-order valence-electron chi connectivity index (χ3n) is 6.64. The molecule has 0 spiro atoms. The second-order valence-corrected chi connectivity index (χ2v) is 9.96. The molecular formula is C27H27Cl2N5O3. The van der Waals surface area contributed by atoms with E-state index < -0.39 is 6.03 Å². The maximum absolute atomic E-state index is 13.2. The fourth-order valence-corrected chi connectivity index (χ4v) is 4.91. The number of nitrogens with one attached hydrogen (secondary N) is 2. The average Bonchev–Trinajstić information content (AvgIpc) is 2.82. The molecule has 2 N–H and O–H groups in total. The lowest BCUT2D eigenvalue weighted by molar-refractivity contribution is 0.102. The van der Waals surface area contributed by atoms with E-state index in [1.54, 1.807) is 30.5 Å². The zero-order valence-corrected chi connectivity index (χ0v) is 21.9. The highest BCUT2D eigenvalue weighted by Crippen LogP contribution is 2.37. The van der Waals surface area contributed by atoms with Crippen molar-refractivity contribution in [2.75, 3.05) is 43.9 Å². The van der Waals surface area contributed by atoms with E-state index in [0.29, 0.717) is 32.7 Å². The van der Waals surface area contributed by atoms with Gasteiger partial charge in [0.05, 0.1) is 25.4 Å². The van der Waals surface area contributed by atoms with Gasteiger partial charge in [0, 0.05) is 59.7 Å². The highest BCUT2D eigenvalue weighted by Gasteiger charge is 2.31. The molecule has 3 aliphatic rings. The highest BCUT2D eigenvalue weighted by molar-refractivity contribution is 6.31. The number of nitrogens with zero attached hydrogens (tertiary/aromatic N) is 3. The molecule has 37 heavy (non-hydrogen) atoms. The Labute approximate surface area is 225 Å². The van der Waals surface area contributed by atoms with Crippen molar-refractivity contribution in [2.24, 2.45) is 4.99 Å². The summed E-state index contributed by atoms with van der Waals surface area (Å²) in [5, 5.41) is 6.56. The first-order valence-corrected chi connectivity index (χ1v) is 12.8. The largest absolute Gasteiger partial charge is 0.494 e. The predicted molar refractivity (Wildman–Crippen MR) is 147 cm³/mol. The van der Waals surface area contributed by atoms with E-state index in [4.69, 9.17) is 27.9 Å². The summed E-state index contributed by atoms with van der Waals surface area (Å²) in [6.07, 6.45) is 7.23. The van der Waals surface area contributed by atoms with Crippen LogP contribution in [0.4, 0.5) is 16.2 Å². The standard InChI is InChI=1S/C27H27Cl2N5O3/c1-37-23-15-20(29)14-22(31-27(36)34-11-2-4-19(28)16-34)24(23)32-26(35)18-7-5-17(6-8-18)25(21-9-10-30-21)33-12-3-13-33/h2,4-8,11,14-15,25H,3,9-10,12-13,16H2,1H3,(H,31,36)(H,32,35). The molecule has 2 aromatic rings. The summed E-state index contributed by atoms with van der Waals surface area (Å²) >= 11 is 12.3. The van der Waals surface area contributed by atoms with Crippen molar-refractivity contribution >= 4 is 52.2 Å². The number of hydrogen-bond donors (Lipinski definition) is 2. The summed E-state index contributed by atoms with van der Waals surface area (Å²) in [6.45, 7) is 3.25. The molecule has 1 unspecified atom stereocenters. The van der Waals surface area contributed by atoms with Crippen LogP contribution in [0.5, 0.6) is 5.75 Å². The van der Waals surface area contributed by atoms with Gasteiger partial charge < -0.3 is 15.4 Å². The number of halogens is 2. The Bertz CT molecular complexity index is 1300. The average molecular weight is 540 g/mol. The van der Waals surface area contributed by atoms with Gasteiger partial charge in [-0.2, -0.15) is 0 Å². The SMILES string of the molecule is COc1cc(Cl)cc(NC(=O)N2C=CC=C(Cl)C2)c1NC(=O)c1ccc(C(C2=NCC2)N2CCC2)cc1. The molecule has 1 fully saturated rings. The van der Waals surface area contributed by atoms with Crippen molar-refractivity contribution in [1.29, 1.82) is 0 Å². The molecule has 0 aliphatic carbocycles. The highest BCUT2D eigenvalue weighted by atomic mass is 35.5. The van der Waals surface area contributed by atoms with Gasteiger partial charge in [-0.15, -0.1) is 0 Å². The predicted octanol–water partition coefficient (Wildman–Crippen LogP) is 5.68. The first-order valence-electron chi connectivity index (χ1n) is 12.1. The Kier molecular flexibility index (Phi) is 7.50. The summed E-state index contributed by atoms with van der Waals surface area (Å²) in [4.78, 5) is 34.5. The number of allylic oxidation sites excluding steroid dienone is 2. The van der Waals surface area contributed by atoms with Gasteiger partial charge in [0.25, 0.3) is 5.91 Å². The van der Waals surface area contributed by atoms with Crippen LogP contribution in [-0.2, 0) is 0 Å². The minimum absolute atomic E-state index is 0.185. The van der Waals surface area contributed by atoms with Crippen LogP contribution in [0.3, 0.4) is 0 Å². The van der Waals surface area contributed by atoms with Gasteiger partial charge in [-0.25, -0.2) is 4.79 Å². The number of rotatable bonds is 7. The molecule has 8 nitrogen and oxygen atoms in total. The van der Waals surface area contributed by atoms with Crippen molar-refractivity contribution in [3.63, 3.8) is 0 Å². The number of anilines is 2. The third-order valence-corrected chi connectivity index (χ3v) is 7.10. The quantitative estimate of drug-likeness (QED) is 0.474. The van der Waals surface area contributed by atoms with Gasteiger partial charge >= 0.3 is 6.03 Å². The van der Waals surface area contributed by atoms with Gasteiger partial charge in [0.2, 0.25) is 0 Å². The van der Waals surface area contributed by atoms with E-state index in [0.717, 1.165) is 31.6 Å². The molecule has 0 saturated carbocycles. The molecule has 10 heteroatoms. The van der Waals surface area contributed by atoms with Crippen LogP contribution < -0.4 is 15.4 Å². The van der Waals surface area contributed by atoms with Gasteiger partial charge in [-0.3, -0.25) is 19.6 Å². The topological polar surface area (TPSA) is 86.3 Å². The van der Waals surface area contributed by atoms with E-state index in [1.165, 1.54) is 24.1 Å². The zero-order valence-electron chi connectivity index (χ0n) is 20.3. The Hall–Kier alpha value is -3.33. The molecule has 1 saturated heterocycles. The van der Waals surface area contributed by atoms with E-state index >= 15 is 0 Å². The Morgan fingerprint density at radius 2 is 1.86 bits per heavy atom. The zero-order chi connectivity index (χ0) is 25.9. The minimum atomic E-state index is -0.428. The van der Waals surface area contributed by atoms with Crippen LogP contribution >= 0.6 is 23.2 Å². The van der Waals surface area contributed by atoms with E-state index in [-0.39, 0.29) is 18.5 Å². The fraction of sp³-hybridized carbons (Fsp3) is 0.296. The van der Waals surface area contributed by atoms with Crippen LogP contribution in [0.2, 0.25) is 5.02 Å². The summed E-state index contributed by atoms with van der Waals surface area (Å²) in [7, 11) is 1.47. The number of hydrogen-bond acceptors (Lipinski definition) is 5. The summed E-state index contributed by atoms with van der Waals surface area (Å²) in [5.41, 5.74) is 3.43. The molecular weight excluding hydrogens is 513 g/mol. The van der Waals surface area contributed by atoms with Gasteiger partial charge in [0.15, 0.2) is 0 Å². The number of ether oxygens (including phenoxy) is 1. The molecule has 0 aromatic heterocycles. The van der Waals surface area contributed by atoms with Crippen molar-refractivity contribution in [2.45, 2.75) is 18.9 Å². The smallest absolute Gasteiger partial charge is 0.326 e. The van der Waals surface area contributed by atoms with Gasteiger partial charge in [0.1, 0.15) is 11.4 Å². The monoisotopic (exact) mass is 539 g/mol. The first-order chi connectivity index (χ1) is 17.9. The molecule has 3 amide bonds. The van der Waals surface area contributed by atoms with Crippen molar-refractivity contribution in [3.8, 4) is 5.75 Å². The van der Waals surface area contributed by atoms with Crippen molar-refractivity contribution in [1.82, 2.24) is 9.80 Å². The van der Waals surface area contributed by atoms with Gasteiger partial charge in [-0.05, 0) is 42.3 Å². The van der Waals surface area contributed by atoms with E-state index in [9.17, 15) is 9.59 Å². The normalized spacial score (nSPS) is 17.6. The maximum atomic E-state index is 13.2. The molecule has 0 radical (unpaired) electrons. The first kappa shape index (κ1) is 25.3. The van der Waals surface area contributed by atoms with Crippen LogP contribution in [0, 0.1) is 0 Å². The van der Waals surface area contributed by atoms with Crippen LogP contribution in [0.25, 0.3) is 0 Å². The number of carbonyl (C=O) groups is 2. The Morgan fingerprint density at radius 3 is 2.46 bits per heavy atom. The summed E-state index contributed by atoms with van der Waals surface area (Å²) in [6, 6.07) is 10.5. The van der Waals surface area contributed by atoms with Crippen LogP contribution in [-0.4, -0.2) is 60.7 Å². The second kappa shape index (κ2) is 11.0.